The van der Waals surface area contributed by atoms with E-state index >= 15 is 0 Å². The third-order valence-corrected chi connectivity index (χ3v) is 8.97. The number of aliphatic hydroxyl groups excluding tert-OH is 12. The minimum Gasteiger partial charge on any atom is -0.394 e. The van der Waals surface area contributed by atoms with Crippen molar-refractivity contribution < 1.29 is 104 Å². The van der Waals surface area contributed by atoms with Gasteiger partial charge in [-0.2, -0.15) is 0 Å². The Hall–Kier alpha value is -1.82. The van der Waals surface area contributed by atoms with E-state index in [-0.39, 0.29) is 0 Å². The summed E-state index contributed by atoms with van der Waals surface area (Å²) in [6.07, 6.45) is -31.1. The van der Waals surface area contributed by atoms with Gasteiger partial charge in [-0.1, -0.05) is 0 Å². The topological polar surface area (TPSA) is 366 Å². The van der Waals surface area contributed by atoms with Gasteiger partial charge in [0.25, 0.3) is 0 Å². The average Bonchev–Trinajstić information content (AvgIpc) is 3.08. The summed E-state index contributed by atoms with van der Waals surface area (Å²) in [6.45, 7) is -0.816. The summed E-state index contributed by atoms with van der Waals surface area (Å²) in [4.78, 5) is 23.7. The van der Waals surface area contributed by atoms with E-state index in [1.807, 2.05) is 0 Å². The molecule has 296 valence electrons. The first-order chi connectivity index (χ1) is 24.0. The number of ether oxygens (including phenoxy) is 7. The molecule has 0 spiro atoms. The molecule has 0 aromatic heterocycles. The molecule has 4 aliphatic rings. The van der Waals surface area contributed by atoms with Crippen LogP contribution in [0.5, 0.6) is 0 Å². The number of hydrogen-bond acceptors (Lipinski definition) is 21. The maximum atomic E-state index is 11.9. The molecule has 14 N–H and O–H groups in total. The van der Waals surface area contributed by atoms with Crippen LogP contribution in [0.25, 0.3) is 0 Å². The van der Waals surface area contributed by atoms with E-state index in [1.165, 1.54) is 0 Å². The second-order valence-corrected chi connectivity index (χ2v) is 12.7. The zero-order chi connectivity index (χ0) is 37.9. The van der Waals surface area contributed by atoms with Gasteiger partial charge in [-0.05, 0) is 0 Å². The van der Waals surface area contributed by atoms with E-state index in [4.69, 9.17) is 33.2 Å². The summed E-state index contributed by atoms with van der Waals surface area (Å²) in [5.41, 5.74) is 0. The molecule has 0 bridgehead atoms. The number of amides is 2. The van der Waals surface area contributed by atoms with Gasteiger partial charge in [-0.15, -0.1) is 0 Å². The van der Waals surface area contributed by atoms with Crippen LogP contribution in [0.4, 0.5) is 0 Å². The van der Waals surface area contributed by atoms with Gasteiger partial charge in [0.15, 0.2) is 25.2 Å². The lowest BCUT2D eigenvalue weighted by Crippen LogP contribution is -2.68. The van der Waals surface area contributed by atoms with Gasteiger partial charge in [-0.3, -0.25) is 9.59 Å². The van der Waals surface area contributed by atoms with E-state index in [0.29, 0.717) is 0 Å². The summed E-state index contributed by atoms with van der Waals surface area (Å²) in [5.74, 6) is -1.36. The highest BCUT2D eigenvalue weighted by atomic mass is 16.8. The lowest BCUT2D eigenvalue weighted by molar-refractivity contribution is -0.366. The van der Waals surface area contributed by atoms with Gasteiger partial charge in [0.05, 0.1) is 26.4 Å². The van der Waals surface area contributed by atoms with Crippen molar-refractivity contribution in [2.45, 2.75) is 137 Å². The molecule has 23 heteroatoms. The maximum absolute atomic E-state index is 11.9. The monoisotopic (exact) mass is 748 g/mol. The molecule has 23 nitrogen and oxygen atoms in total. The van der Waals surface area contributed by atoms with Crippen LogP contribution < -0.4 is 10.6 Å². The minimum atomic E-state index is -2.00. The fourth-order valence-corrected chi connectivity index (χ4v) is 6.12. The Morgan fingerprint density at radius 3 is 1.43 bits per heavy atom. The molecule has 4 rings (SSSR count). The molecule has 20 atom stereocenters. The molecule has 0 aromatic rings. The highest BCUT2D eigenvalue weighted by Gasteiger charge is 2.53. The van der Waals surface area contributed by atoms with Crippen molar-refractivity contribution in [1.29, 1.82) is 0 Å². The summed E-state index contributed by atoms with van der Waals surface area (Å²) in [5, 5.41) is 129. The van der Waals surface area contributed by atoms with Gasteiger partial charge < -0.3 is 105 Å². The number of rotatable bonds is 12. The van der Waals surface area contributed by atoms with Crippen LogP contribution in [0.3, 0.4) is 0 Å². The first kappa shape index (κ1) is 41.9. The van der Waals surface area contributed by atoms with Crippen molar-refractivity contribution >= 4 is 11.8 Å². The first-order valence-electron chi connectivity index (χ1n) is 16.1. The zero-order valence-electron chi connectivity index (χ0n) is 27.4. The number of carbonyl (C=O) groups excluding carboxylic acids is 2. The van der Waals surface area contributed by atoms with Crippen LogP contribution in [0, 0.1) is 0 Å². The number of hydrogen-bond donors (Lipinski definition) is 14. The fraction of sp³-hybridized carbons (Fsp3) is 0.929. The highest BCUT2D eigenvalue weighted by Crippen LogP contribution is 2.32. The van der Waals surface area contributed by atoms with Crippen LogP contribution in [0.15, 0.2) is 0 Å². The molecular formula is C28H48N2O21. The molecule has 4 fully saturated rings. The molecule has 0 saturated carbocycles. The second kappa shape index (κ2) is 18.0. The van der Waals surface area contributed by atoms with E-state index < -0.39 is 161 Å². The van der Waals surface area contributed by atoms with Crippen molar-refractivity contribution in [3.05, 3.63) is 0 Å². The number of carbonyl (C=O) groups is 2. The van der Waals surface area contributed by atoms with Gasteiger partial charge >= 0.3 is 0 Å². The summed E-state index contributed by atoms with van der Waals surface area (Å²) < 4.78 is 39.3. The molecule has 0 unspecified atom stereocenters. The van der Waals surface area contributed by atoms with E-state index in [9.17, 15) is 70.9 Å². The Bertz CT molecular complexity index is 1140. The summed E-state index contributed by atoms with van der Waals surface area (Å²) in [7, 11) is 0. The molecule has 0 aliphatic carbocycles. The molecule has 0 radical (unpaired) electrons. The van der Waals surface area contributed by atoms with Gasteiger partial charge in [0.1, 0.15) is 97.5 Å². The van der Waals surface area contributed by atoms with Crippen LogP contribution >= 0.6 is 0 Å². The average molecular weight is 749 g/mol. The Morgan fingerprint density at radius 2 is 0.922 bits per heavy atom. The van der Waals surface area contributed by atoms with Crippen LogP contribution in [0.2, 0.25) is 0 Å². The Morgan fingerprint density at radius 1 is 0.510 bits per heavy atom. The molecule has 4 saturated heterocycles. The quantitative estimate of drug-likeness (QED) is 0.0881. The Kier molecular flexibility index (Phi) is 14.8. The molecular weight excluding hydrogens is 700 g/mol. The SMILES string of the molecule is CC(=O)N[C@H]1[C@H](OC[C@H]2O[C@H](OC[C@H]3O[C@@H](O)[C@H](O)[C@@H](O)[C@@H]3O)[C@@H](O[C@@H]3O[C@H](CO)[C@@H](O)[C@H](O)[C@H]3NC(C)=O)[C@@H](O)[C@@H]2O)O[C@H](CO)[C@@H](O)[C@@H]1O. The normalized spacial score (nSPS) is 47.8. The smallest absolute Gasteiger partial charge is 0.217 e. The van der Waals surface area contributed by atoms with Crippen LogP contribution in [-0.2, 0) is 42.7 Å². The molecule has 4 heterocycles. The summed E-state index contributed by atoms with van der Waals surface area (Å²) >= 11 is 0. The molecule has 0 aromatic carbocycles. The van der Waals surface area contributed by atoms with E-state index in [2.05, 4.69) is 10.6 Å². The molecule has 4 aliphatic heterocycles. The van der Waals surface area contributed by atoms with Gasteiger partial charge in [0, 0.05) is 13.8 Å². The van der Waals surface area contributed by atoms with Crippen molar-refractivity contribution in [2.24, 2.45) is 0 Å². The Balaban J connectivity index is 1.57. The number of aliphatic hydroxyl groups is 12. The minimum absolute atomic E-state index is 0.651. The second-order valence-electron chi connectivity index (χ2n) is 12.7. The molecule has 51 heavy (non-hydrogen) atoms. The Labute approximate surface area is 289 Å². The van der Waals surface area contributed by atoms with Crippen molar-refractivity contribution in [2.75, 3.05) is 26.4 Å². The van der Waals surface area contributed by atoms with Crippen molar-refractivity contribution in [3.8, 4) is 0 Å². The van der Waals surface area contributed by atoms with Crippen molar-refractivity contribution in [1.82, 2.24) is 10.6 Å². The number of nitrogens with one attached hydrogen (secondary N) is 2. The first-order valence-corrected chi connectivity index (χ1v) is 16.1. The van der Waals surface area contributed by atoms with Gasteiger partial charge in [0.2, 0.25) is 11.8 Å². The lowest BCUT2D eigenvalue weighted by atomic mass is 9.95. The summed E-state index contributed by atoms with van der Waals surface area (Å²) in [6, 6.07) is -2.90. The largest absolute Gasteiger partial charge is 0.394 e. The predicted octanol–water partition coefficient (Wildman–Crippen LogP) is -9.46. The standard InChI is InChI=1S/C28H48N2O21/c1-7(33)29-13-19(39)15(35)9(3-31)48-26(13)45-6-12-18(38)22(42)24(28(50-12)46-5-11-17(37)21(41)23(43)25(44)47-11)51-27-14(30-8(2)34)20(40)16(36)10(4-32)49-27/h9-28,31-32,35-44H,3-6H2,1-2H3,(H,29,33)(H,30,34)/t9-,10-,11-,12-,13-,14-,15-,16-,17-,18-,19-,20-,21+,22+,23-,24+,25-,26-,27+,28+/m1/s1. The van der Waals surface area contributed by atoms with Crippen molar-refractivity contribution in [3.63, 3.8) is 0 Å². The lowest BCUT2D eigenvalue weighted by Gasteiger charge is -2.48. The van der Waals surface area contributed by atoms with Crippen LogP contribution in [-0.4, -0.2) is 222 Å². The fourth-order valence-electron chi connectivity index (χ4n) is 6.12. The third kappa shape index (κ3) is 9.47. The zero-order valence-corrected chi connectivity index (χ0v) is 27.4. The third-order valence-electron chi connectivity index (χ3n) is 8.97. The van der Waals surface area contributed by atoms with E-state index in [1.54, 1.807) is 0 Å². The highest BCUT2D eigenvalue weighted by molar-refractivity contribution is 5.73. The van der Waals surface area contributed by atoms with E-state index in [0.717, 1.165) is 13.8 Å². The maximum Gasteiger partial charge on any atom is 0.217 e. The van der Waals surface area contributed by atoms with Gasteiger partial charge in [-0.25, -0.2) is 0 Å². The predicted molar refractivity (Wildman–Crippen MR) is 157 cm³/mol. The van der Waals surface area contributed by atoms with Crippen LogP contribution in [0.1, 0.15) is 13.8 Å². The molecule has 2 amide bonds.